The van der Waals surface area contributed by atoms with Crippen LogP contribution >= 0.6 is 0 Å². The fraction of sp³-hybridized carbons (Fsp3) is 0.192. The highest BCUT2D eigenvalue weighted by molar-refractivity contribution is 6.22. The van der Waals surface area contributed by atoms with E-state index in [2.05, 4.69) is 4.98 Å². The molecule has 1 fully saturated rings. The number of benzene rings is 2. The van der Waals surface area contributed by atoms with Gasteiger partial charge in [-0.15, -0.1) is 0 Å². The highest BCUT2D eigenvalue weighted by Crippen LogP contribution is 2.23. The van der Waals surface area contributed by atoms with Crippen molar-refractivity contribution in [1.29, 1.82) is 0 Å². The molecule has 1 saturated heterocycles. The van der Waals surface area contributed by atoms with Crippen molar-refractivity contribution >= 4 is 29.3 Å². The Bertz CT molecular complexity index is 1240. The van der Waals surface area contributed by atoms with Crippen LogP contribution < -0.4 is 5.01 Å². The molecule has 2 aromatic carbocycles. The molecule has 0 bridgehead atoms. The molecule has 9 nitrogen and oxygen atoms in total. The normalized spacial score (nSPS) is 15.8. The lowest BCUT2D eigenvalue weighted by Crippen LogP contribution is -2.58. The standard InChI is InChI=1S/C26H23N5O4/c32-23(18-30-25(34)21-8-4-5-9-22(21)26(30)35)28-14-16-29(17-15-28)31(20-10-12-27-13-11-20)24(33)19-6-2-1-3-7-19/h1-13H,14-18H2. The van der Waals surface area contributed by atoms with Crippen LogP contribution in [0.15, 0.2) is 79.1 Å². The number of rotatable bonds is 5. The average molecular weight is 470 g/mol. The second kappa shape index (κ2) is 9.47. The second-order valence-corrected chi connectivity index (χ2v) is 8.26. The molecule has 2 aliphatic heterocycles. The fourth-order valence-electron chi connectivity index (χ4n) is 4.36. The molecule has 0 N–H and O–H groups in total. The highest BCUT2D eigenvalue weighted by Gasteiger charge is 2.38. The third-order valence-electron chi connectivity index (χ3n) is 6.18. The lowest BCUT2D eigenvalue weighted by atomic mass is 10.1. The Morgan fingerprint density at radius 2 is 1.34 bits per heavy atom. The molecular formula is C26H23N5O4. The Labute approximate surface area is 202 Å². The summed E-state index contributed by atoms with van der Waals surface area (Å²) in [5.74, 6) is -1.38. The Kier molecular flexibility index (Phi) is 6.07. The fourth-order valence-corrected chi connectivity index (χ4v) is 4.36. The van der Waals surface area contributed by atoms with Gasteiger partial charge in [-0.2, -0.15) is 0 Å². The number of hydrazine groups is 1. The van der Waals surface area contributed by atoms with Crippen LogP contribution in [0, 0.1) is 0 Å². The largest absolute Gasteiger partial charge is 0.338 e. The number of imide groups is 1. The molecule has 0 unspecified atom stereocenters. The van der Waals surface area contributed by atoms with Gasteiger partial charge in [0, 0.05) is 44.1 Å². The zero-order valence-electron chi connectivity index (χ0n) is 18.9. The van der Waals surface area contributed by atoms with Gasteiger partial charge in [0.15, 0.2) is 0 Å². The second-order valence-electron chi connectivity index (χ2n) is 8.26. The summed E-state index contributed by atoms with van der Waals surface area (Å²) in [5, 5.41) is 3.51. The molecule has 0 radical (unpaired) electrons. The first kappa shape index (κ1) is 22.4. The van der Waals surface area contributed by atoms with Crippen LogP contribution in [0.2, 0.25) is 0 Å². The first-order chi connectivity index (χ1) is 17.0. The minimum atomic E-state index is -0.449. The zero-order valence-corrected chi connectivity index (χ0v) is 18.9. The van der Waals surface area contributed by atoms with E-state index in [0.717, 1.165) is 4.90 Å². The number of hydrogen-bond acceptors (Lipinski definition) is 6. The predicted molar refractivity (Wildman–Crippen MR) is 127 cm³/mol. The number of pyridine rings is 1. The van der Waals surface area contributed by atoms with E-state index in [9.17, 15) is 19.2 Å². The summed E-state index contributed by atoms with van der Waals surface area (Å²) >= 11 is 0. The zero-order chi connectivity index (χ0) is 24.4. The lowest BCUT2D eigenvalue weighted by molar-refractivity contribution is -0.133. The molecule has 35 heavy (non-hydrogen) atoms. The van der Waals surface area contributed by atoms with Gasteiger partial charge in [-0.3, -0.25) is 29.1 Å². The van der Waals surface area contributed by atoms with Gasteiger partial charge in [0.2, 0.25) is 5.91 Å². The maximum atomic E-state index is 13.4. The minimum absolute atomic E-state index is 0.178. The van der Waals surface area contributed by atoms with Gasteiger partial charge in [-0.25, -0.2) is 10.0 Å². The molecule has 0 spiro atoms. The van der Waals surface area contributed by atoms with Crippen molar-refractivity contribution in [1.82, 2.24) is 19.8 Å². The van der Waals surface area contributed by atoms with Crippen molar-refractivity contribution in [3.8, 4) is 0 Å². The van der Waals surface area contributed by atoms with Crippen LogP contribution in [0.25, 0.3) is 0 Å². The third-order valence-corrected chi connectivity index (χ3v) is 6.18. The van der Waals surface area contributed by atoms with E-state index >= 15 is 0 Å². The van der Waals surface area contributed by atoms with Crippen molar-refractivity contribution in [2.24, 2.45) is 0 Å². The Morgan fingerprint density at radius 3 is 1.94 bits per heavy atom. The number of carbonyl (C=O) groups excluding carboxylic acids is 4. The van der Waals surface area contributed by atoms with E-state index < -0.39 is 11.8 Å². The third kappa shape index (κ3) is 4.29. The first-order valence-electron chi connectivity index (χ1n) is 11.3. The topological polar surface area (TPSA) is 94.1 Å². The lowest BCUT2D eigenvalue weighted by Gasteiger charge is -2.41. The maximum absolute atomic E-state index is 13.4. The Morgan fingerprint density at radius 1 is 0.771 bits per heavy atom. The molecule has 1 aromatic heterocycles. The van der Waals surface area contributed by atoms with Gasteiger partial charge >= 0.3 is 0 Å². The van der Waals surface area contributed by atoms with Crippen molar-refractivity contribution in [2.75, 3.05) is 37.7 Å². The number of nitrogens with zero attached hydrogens (tertiary/aromatic N) is 5. The summed E-state index contributed by atoms with van der Waals surface area (Å²) < 4.78 is 0. The van der Waals surface area contributed by atoms with Crippen LogP contribution in [0.4, 0.5) is 5.69 Å². The van der Waals surface area contributed by atoms with Gasteiger partial charge < -0.3 is 4.90 Å². The van der Waals surface area contributed by atoms with Gasteiger partial charge in [0.25, 0.3) is 17.7 Å². The van der Waals surface area contributed by atoms with Crippen molar-refractivity contribution in [2.45, 2.75) is 0 Å². The van der Waals surface area contributed by atoms with Crippen LogP contribution in [-0.4, -0.2) is 76.1 Å². The number of anilines is 1. The highest BCUT2D eigenvalue weighted by atomic mass is 16.2. The van der Waals surface area contributed by atoms with Crippen molar-refractivity contribution in [3.63, 3.8) is 0 Å². The van der Waals surface area contributed by atoms with Gasteiger partial charge in [-0.05, 0) is 36.4 Å². The summed E-state index contributed by atoms with van der Waals surface area (Å²) in [6.07, 6.45) is 3.25. The minimum Gasteiger partial charge on any atom is -0.338 e. The van der Waals surface area contributed by atoms with Gasteiger partial charge in [-0.1, -0.05) is 30.3 Å². The number of fused-ring (bicyclic) bond motifs is 1. The van der Waals surface area contributed by atoms with E-state index in [-0.39, 0.29) is 18.4 Å². The molecule has 0 aliphatic carbocycles. The van der Waals surface area contributed by atoms with E-state index in [0.29, 0.717) is 48.6 Å². The molecule has 0 atom stereocenters. The predicted octanol–water partition coefficient (Wildman–Crippen LogP) is 2.08. The Hall–Kier alpha value is -4.37. The Balaban J connectivity index is 1.27. The molecule has 3 aromatic rings. The van der Waals surface area contributed by atoms with E-state index in [1.54, 1.807) is 70.8 Å². The molecule has 3 heterocycles. The molecule has 5 rings (SSSR count). The van der Waals surface area contributed by atoms with Gasteiger partial charge in [0.1, 0.15) is 6.54 Å². The van der Waals surface area contributed by atoms with E-state index in [1.165, 1.54) is 0 Å². The van der Waals surface area contributed by atoms with Crippen molar-refractivity contribution in [3.05, 3.63) is 95.8 Å². The first-order valence-corrected chi connectivity index (χ1v) is 11.3. The van der Waals surface area contributed by atoms with Gasteiger partial charge in [0.05, 0.1) is 16.8 Å². The molecule has 176 valence electrons. The quantitative estimate of drug-likeness (QED) is 0.531. The number of hydrogen-bond donors (Lipinski definition) is 0. The summed E-state index contributed by atoms with van der Waals surface area (Å²) in [5.41, 5.74) is 1.87. The summed E-state index contributed by atoms with van der Waals surface area (Å²) in [6.45, 7) is 1.23. The number of amides is 4. The molecule has 2 aliphatic rings. The summed E-state index contributed by atoms with van der Waals surface area (Å²) in [6, 6.07) is 19.1. The smallest absolute Gasteiger partial charge is 0.272 e. The van der Waals surface area contributed by atoms with Crippen LogP contribution in [0.5, 0.6) is 0 Å². The van der Waals surface area contributed by atoms with E-state index in [4.69, 9.17) is 0 Å². The van der Waals surface area contributed by atoms with Crippen LogP contribution in [0.3, 0.4) is 0 Å². The monoisotopic (exact) mass is 469 g/mol. The number of aromatic nitrogens is 1. The SMILES string of the molecule is O=C(CN1C(=O)c2ccccc2C1=O)N1CCN(N(C(=O)c2ccccc2)c2ccncc2)CC1. The molecule has 4 amide bonds. The maximum Gasteiger partial charge on any atom is 0.272 e. The number of carbonyl (C=O) groups is 4. The number of piperazine rings is 1. The van der Waals surface area contributed by atoms with Crippen LogP contribution in [0.1, 0.15) is 31.1 Å². The molecule has 0 saturated carbocycles. The summed E-state index contributed by atoms with van der Waals surface area (Å²) in [4.78, 5) is 58.2. The average Bonchev–Trinajstić information content (AvgIpc) is 3.15. The van der Waals surface area contributed by atoms with Crippen LogP contribution in [-0.2, 0) is 4.79 Å². The molecular weight excluding hydrogens is 446 g/mol. The summed E-state index contributed by atoms with van der Waals surface area (Å²) in [7, 11) is 0. The molecule has 9 heteroatoms. The van der Waals surface area contributed by atoms with Crippen molar-refractivity contribution < 1.29 is 19.2 Å². The van der Waals surface area contributed by atoms with E-state index in [1.807, 2.05) is 23.2 Å².